The normalized spacial score (nSPS) is 23.5. The first-order chi connectivity index (χ1) is 4.54. The molecule has 1 fully saturated rings. The van der Waals surface area contributed by atoms with Crippen molar-refractivity contribution in [1.82, 2.24) is 0 Å². The molecule has 0 saturated heterocycles. The smallest absolute Gasteiger partial charge is 0.302 e. The second-order valence-electron chi connectivity index (χ2n) is 3.41. The van der Waals surface area contributed by atoms with Gasteiger partial charge in [-0.3, -0.25) is 4.79 Å². The van der Waals surface area contributed by atoms with E-state index in [4.69, 9.17) is 4.74 Å². The van der Waals surface area contributed by atoms with Gasteiger partial charge in [0.25, 0.3) is 0 Å². The van der Waals surface area contributed by atoms with Gasteiger partial charge in [-0.15, -0.1) is 0 Å². The first-order valence-electron chi connectivity index (χ1n) is 3.72. The lowest BCUT2D eigenvalue weighted by Gasteiger charge is -2.17. The van der Waals surface area contributed by atoms with E-state index < -0.39 is 0 Å². The van der Waals surface area contributed by atoms with Crippen LogP contribution < -0.4 is 0 Å². The Morgan fingerprint density at radius 1 is 1.60 bits per heavy atom. The average Bonchev–Trinajstić information content (AvgIpc) is 2.47. The molecule has 1 rings (SSSR count). The summed E-state index contributed by atoms with van der Waals surface area (Å²) in [5, 5.41) is 0. The summed E-state index contributed by atoms with van der Waals surface area (Å²) in [6.07, 6.45) is 2.49. The fourth-order valence-electron chi connectivity index (χ4n) is 0.995. The summed E-state index contributed by atoms with van der Waals surface area (Å²) in [5.74, 6) is -0.166. The van der Waals surface area contributed by atoms with Gasteiger partial charge < -0.3 is 4.74 Å². The van der Waals surface area contributed by atoms with E-state index in [2.05, 4.69) is 6.92 Å². The van der Waals surface area contributed by atoms with Gasteiger partial charge in [0, 0.05) is 12.3 Å². The molecule has 10 heavy (non-hydrogen) atoms. The van der Waals surface area contributed by atoms with Crippen LogP contribution in [0.1, 0.15) is 33.6 Å². The van der Waals surface area contributed by atoms with Crippen LogP contribution in [0.4, 0.5) is 0 Å². The average molecular weight is 142 g/mol. The van der Waals surface area contributed by atoms with Gasteiger partial charge in [-0.05, 0) is 19.8 Å². The van der Waals surface area contributed by atoms with E-state index in [9.17, 15) is 4.79 Å². The molecule has 0 amide bonds. The highest BCUT2D eigenvalue weighted by molar-refractivity contribution is 5.66. The number of hydrogen-bond donors (Lipinski definition) is 0. The Morgan fingerprint density at radius 2 is 2.10 bits per heavy atom. The van der Waals surface area contributed by atoms with E-state index in [1.807, 2.05) is 6.92 Å². The monoisotopic (exact) mass is 142 g/mol. The molecule has 2 nitrogen and oxygen atoms in total. The molecular weight excluding hydrogens is 128 g/mol. The van der Waals surface area contributed by atoms with Gasteiger partial charge in [0.05, 0.1) is 0 Å². The molecule has 0 aromatic carbocycles. The van der Waals surface area contributed by atoms with Gasteiger partial charge >= 0.3 is 5.97 Å². The summed E-state index contributed by atoms with van der Waals surface area (Å²) in [5.41, 5.74) is 0.297. The van der Waals surface area contributed by atoms with Crippen molar-refractivity contribution in [3.63, 3.8) is 0 Å². The van der Waals surface area contributed by atoms with Crippen molar-refractivity contribution >= 4 is 5.97 Å². The molecule has 1 unspecified atom stereocenters. The highest BCUT2D eigenvalue weighted by Gasteiger charge is 2.44. The molecule has 0 bridgehead atoms. The van der Waals surface area contributed by atoms with Gasteiger partial charge in [-0.25, -0.2) is 0 Å². The van der Waals surface area contributed by atoms with Crippen LogP contribution in [0.3, 0.4) is 0 Å². The Hall–Kier alpha value is -0.530. The number of rotatable bonds is 2. The molecule has 0 heterocycles. The van der Waals surface area contributed by atoms with E-state index in [0.717, 1.165) is 0 Å². The van der Waals surface area contributed by atoms with Crippen LogP contribution in [0, 0.1) is 5.41 Å². The molecule has 0 radical (unpaired) electrons. The van der Waals surface area contributed by atoms with Gasteiger partial charge in [0.15, 0.2) is 0 Å². The van der Waals surface area contributed by atoms with Gasteiger partial charge in [0.2, 0.25) is 0 Å². The largest absolute Gasteiger partial charge is 0.462 e. The minimum absolute atomic E-state index is 0.102. The molecule has 0 aromatic heterocycles. The predicted octanol–water partition coefficient (Wildman–Crippen LogP) is 1.74. The molecule has 0 N–H and O–H groups in total. The van der Waals surface area contributed by atoms with Gasteiger partial charge in [-0.2, -0.15) is 0 Å². The molecule has 1 saturated carbocycles. The SMILES string of the molecule is CC(=O)OC(C)C1(C)CC1. The van der Waals surface area contributed by atoms with Crippen LogP contribution in [0.2, 0.25) is 0 Å². The van der Waals surface area contributed by atoms with Crippen LogP contribution in [0.15, 0.2) is 0 Å². The summed E-state index contributed by atoms with van der Waals surface area (Å²) in [7, 11) is 0. The van der Waals surface area contributed by atoms with Gasteiger partial charge in [-0.1, -0.05) is 6.92 Å². The maximum absolute atomic E-state index is 10.5. The van der Waals surface area contributed by atoms with Crippen molar-refractivity contribution < 1.29 is 9.53 Å². The quantitative estimate of drug-likeness (QED) is 0.549. The Balaban J connectivity index is 2.34. The second kappa shape index (κ2) is 2.26. The van der Waals surface area contributed by atoms with Crippen LogP contribution in [-0.2, 0) is 9.53 Å². The summed E-state index contributed by atoms with van der Waals surface area (Å²) in [4.78, 5) is 10.5. The first-order valence-corrected chi connectivity index (χ1v) is 3.72. The molecule has 0 aliphatic heterocycles. The zero-order valence-electron chi connectivity index (χ0n) is 6.81. The maximum atomic E-state index is 10.5. The molecule has 1 aliphatic rings. The van der Waals surface area contributed by atoms with E-state index in [1.54, 1.807) is 0 Å². The summed E-state index contributed by atoms with van der Waals surface area (Å²) >= 11 is 0. The molecule has 58 valence electrons. The molecule has 1 atom stereocenters. The maximum Gasteiger partial charge on any atom is 0.302 e. The van der Waals surface area contributed by atoms with E-state index in [0.29, 0.717) is 5.41 Å². The number of carbonyl (C=O) groups is 1. The predicted molar refractivity (Wildman–Crippen MR) is 38.6 cm³/mol. The number of esters is 1. The summed E-state index contributed by atoms with van der Waals surface area (Å²) in [6, 6.07) is 0. The lowest BCUT2D eigenvalue weighted by molar-refractivity contribution is -0.148. The zero-order chi connectivity index (χ0) is 7.78. The Kier molecular flexibility index (Phi) is 1.71. The Morgan fingerprint density at radius 3 is 2.40 bits per heavy atom. The minimum Gasteiger partial charge on any atom is -0.462 e. The van der Waals surface area contributed by atoms with Crippen molar-refractivity contribution in [1.29, 1.82) is 0 Å². The first kappa shape index (κ1) is 7.58. The number of hydrogen-bond acceptors (Lipinski definition) is 2. The lowest BCUT2D eigenvalue weighted by atomic mass is 10.0. The zero-order valence-corrected chi connectivity index (χ0v) is 6.81. The van der Waals surface area contributed by atoms with Crippen molar-refractivity contribution in [2.45, 2.75) is 39.7 Å². The minimum atomic E-state index is -0.166. The van der Waals surface area contributed by atoms with Gasteiger partial charge in [0.1, 0.15) is 6.10 Å². The van der Waals surface area contributed by atoms with Crippen molar-refractivity contribution in [3.8, 4) is 0 Å². The van der Waals surface area contributed by atoms with E-state index in [1.165, 1.54) is 19.8 Å². The van der Waals surface area contributed by atoms with Crippen LogP contribution in [-0.4, -0.2) is 12.1 Å². The van der Waals surface area contributed by atoms with Crippen molar-refractivity contribution in [2.24, 2.45) is 5.41 Å². The standard InChI is InChI=1S/C8H14O2/c1-6(10-7(2)9)8(3)4-5-8/h6H,4-5H2,1-3H3. The lowest BCUT2D eigenvalue weighted by Crippen LogP contribution is -2.21. The van der Waals surface area contributed by atoms with Crippen LogP contribution >= 0.6 is 0 Å². The third kappa shape index (κ3) is 1.49. The van der Waals surface area contributed by atoms with Crippen LogP contribution in [0.25, 0.3) is 0 Å². The molecular formula is C8H14O2. The van der Waals surface area contributed by atoms with Crippen LogP contribution in [0.5, 0.6) is 0 Å². The Labute approximate surface area is 61.6 Å². The third-order valence-corrected chi connectivity index (χ3v) is 2.36. The third-order valence-electron chi connectivity index (χ3n) is 2.36. The number of carbonyl (C=O) groups excluding carboxylic acids is 1. The fourth-order valence-corrected chi connectivity index (χ4v) is 0.995. The highest BCUT2D eigenvalue weighted by Crippen LogP contribution is 2.49. The van der Waals surface area contributed by atoms with Crippen molar-refractivity contribution in [2.75, 3.05) is 0 Å². The number of ether oxygens (including phenoxy) is 1. The summed E-state index contributed by atoms with van der Waals surface area (Å²) < 4.78 is 5.04. The highest BCUT2D eigenvalue weighted by atomic mass is 16.5. The van der Waals surface area contributed by atoms with E-state index >= 15 is 0 Å². The van der Waals surface area contributed by atoms with E-state index in [-0.39, 0.29) is 12.1 Å². The topological polar surface area (TPSA) is 26.3 Å². The molecule has 1 aliphatic carbocycles. The second-order valence-corrected chi connectivity index (χ2v) is 3.41. The molecule has 2 heteroatoms. The van der Waals surface area contributed by atoms with Crippen molar-refractivity contribution in [3.05, 3.63) is 0 Å². The summed E-state index contributed by atoms with van der Waals surface area (Å²) in [6.45, 7) is 5.58. The fraction of sp³-hybridized carbons (Fsp3) is 0.875. The Bertz CT molecular complexity index is 147. The molecule has 0 spiro atoms. The molecule has 0 aromatic rings.